The van der Waals surface area contributed by atoms with E-state index < -0.39 is 12.4 Å². The average molecular weight is 160 g/mol. The molecule has 0 aromatic carbocycles. The van der Waals surface area contributed by atoms with Gasteiger partial charge in [-0.1, -0.05) is 0 Å². The molecule has 4 heteroatoms. The van der Waals surface area contributed by atoms with Crippen LogP contribution in [-0.4, -0.2) is 11.8 Å². The van der Waals surface area contributed by atoms with Crippen molar-refractivity contribution in [2.24, 2.45) is 0 Å². The fourth-order valence-electron chi connectivity index (χ4n) is 0.203. The van der Waals surface area contributed by atoms with Crippen molar-refractivity contribution in [3.8, 4) is 0 Å². The van der Waals surface area contributed by atoms with Gasteiger partial charge >= 0.3 is 16.5 Å². The van der Waals surface area contributed by atoms with E-state index in [1.54, 1.807) is 0 Å². The average Bonchev–Trinajstić information content (AvgIpc) is 1.27. The molecule has 0 saturated carbocycles. The Kier molecular flexibility index (Phi) is 6.33. The molecule has 0 heterocycles. The molecular weight excluding hydrogens is 155 g/mol. The van der Waals surface area contributed by atoms with Crippen molar-refractivity contribution in [1.29, 1.82) is 0 Å². The minimum absolute atomic E-state index is 0. The summed E-state index contributed by atoms with van der Waals surface area (Å²) in [5.74, 6) is -1.69. The van der Waals surface area contributed by atoms with Crippen LogP contribution in [0.15, 0.2) is 0 Å². The van der Waals surface area contributed by atoms with Gasteiger partial charge in [-0.15, -0.1) is 0 Å². The third kappa shape index (κ3) is 9.16. The van der Waals surface area contributed by atoms with Gasteiger partial charge in [-0.3, -0.25) is 4.79 Å². The molecule has 0 aliphatic heterocycles. The van der Waals surface area contributed by atoms with Crippen molar-refractivity contribution in [2.75, 3.05) is 0 Å². The van der Waals surface area contributed by atoms with E-state index in [-0.39, 0.29) is 22.3 Å². The number of ketones is 1. The van der Waals surface area contributed by atoms with E-state index in [4.69, 9.17) is 0 Å². The smallest absolute Gasteiger partial charge is 0.550 e. The molecule has 0 aromatic rings. The van der Waals surface area contributed by atoms with E-state index in [0.717, 1.165) is 0 Å². The molecule has 8 heavy (non-hydrogen) atoms. The SMILES string of the molecule is CC(=O)CC(=O)[O-].[Ni+2]. The van der Waals surface area contributed by atoms with E-state index in [1.807, 2.05) is 0 Å². The number of rotatable bonds is 2. The number of carbonyl (C=O) groups excluding carboxylic acids is 2. The number of carbonyl (C=O) groups is 2. The zero-order valence-electron chi connectivity index (χ0n) is 4.25. The Balaban J connectivity index is 0. The van der Waals surface area contributed by atoms with Crippen LogP contribution in [0.25, 0.3) is 0 Å². The van der Waals surface area contributed by atoms with Crippen LogP contribution in [0.2, 0.25) is 0 Å². The summed E-state index contributed by atoms with van der Waals surface area (Å²) in [7, 11) is 0. The molecule has 0 aliphatic carbocycles. The maximum absolute atomic E-state index is 9.83. The standard InChI is InChI=1S/C4H6O3.Ni/c1-3(5)2-4(6)7;/h2H2,1H3,(H,6,7);/q;+2/p-1. The normalized spacial score (nSPS) is 7.12. The summed E-state index contributed by atoms with van der Waals surface area (Å²) in [4.78, 5) is 19.3. The van der Waals surface area contributed by atoms with Crippen LogP contribution in [0.4, 0.5) is 0 Å². The second-order valence-corrected chi connectivity index (χ2v) is 1.25. The van der Waals surface area contributed by atoms with Crippen molar-refractivity contribution in [2.45, 2.75) is 13.3 Å². The summed E-state index contributed by atoms with van der Waals surface area (Å²) in [5.41, 5.74) is 0. The van der Waals surface area contributed by atoms with Crippen LogP contribution in [-0.2, 0) is 26.1 Å². The van der Waals surface area contributed by atoms with Gasteiger partial charge in [-0.2, -0.15) is 0 Å². The summed E-state index contributed by atoms with van der Waals surface area (Å²) < 4.78 is 0. The van der Waals surface area contributed by atoms with Crippen LogP contribution in [0.1, 0.15) is 13.3 Å². The van der Waals surface area contributed by atoms with Crippen LogP contribution < -0.4 is 5.11 Å². The van der Waals surface area contributed by atoms with E-state index in [0.29, 0.717) is 0 Å². The van der Waals surface area contributed by atoms with Crippen molar-refractivity contribution in [1.82, 2.24) is 0 Å². The Hall–Kier alpha value is -0.366. The maximum atomic E-state index is 9.83. The minimum atomic E-state index is -1.31. The minimum Gasteiger partial charge on any atom is -0.550 e. The summed E-state index contributed by atoms with van der Waals surface area (Å²) >= 11 is 0. The largest absolute Gasteiger partial charge is 2.00 e. The molecule has 0 spiro atoms. The second kappa shape index (κ2) is 4.78. The summed E-state index contributed by atoms with van der Waals surface area (Å²) in [6, 6.07) is 0. The van der Waals surface area contributed by atoms with E-state index in [1.165, 1.54) is 6.92 Å². The molecule has 48 valence electrons. The van der Waals surface area contributed by atoms with E-state index in [9.17, 15) is 14.7 Å². The van der Waals surface area contributed by atoms with Gasteiger partial charge in [0.05, 0.1) is 0 Å². The zero-order chi connectivity index (χ0) is 5.86. The van der Waals surface area contributed by atoms with Gasteiger partial charge in [0.2, 0.25) is 0 Å². The van der Waals surface area contributed by atoms with Gasteiger partial charge in [0.15, 0.2) is 0 Å². The zero-order valence-corrected chi connectivity index (χ0v) is 5.24. The molecule has 0 unspecified atom stereocenters. The number of Topliss-reactive ketones (excluding diaryl/α,β-unsaturated/α-hetero) is 1. The first-order valence-corrected chi connectivity index (χ1v) is 1.82. The predicted octanol–water partition coefficient (Wildman–Crippen LogP) is -1.29. The topological polar surface area (TPSA) is 57.2 Å². The maximum Gasteiger partial charge on any atom is 2.00 e. The van der Waals surface area contributed by atoms with Gasteiger partial charge in [0.1, 0.15) is 5.78 Å². The molecular formula is C4H5NiO3+. The quantitative estimate of drug-likeness (QED) is 0.373. The predicted molar refractivity (Wildman–Crippen MR) is 20.3 cm³/mol. The van der Waals surface area contributed by atoms with Crippen molar-refractivity contribution in [3.05, 3.63) is 0 Å². The number of hydrogen-bond donors (Lipinski definition) is 0. The molecule has 3 nitrogen and oxygen atoms in total. The van der Waals surface area contributed by atoms with Gasteiger partial charge in [-0.05, 0) is 6.92 Å². The summed E-state index contributed by atoms with van der Waals surface area (Å²) in [6.07, 6.45) is -0.472. The first kappa shape index (κ1) is 10.6. The second-order valence-electron chi connectivity index (χ2n) is 1.25. The van der Waals surface area contributed by atoms with Crippen LogP contribution in [0.5, 0.6) is 0 Å². The Labute approximate surface area is 57.0 Å². The molecule has 0 bridgehead atoms. The number of carboxylic acids is 1. The van der Waals surface area contributed by atoms with E-state index >= 15 is 0 Å². The third-order valence-corrected chi connectivity index (χ3v) is 0.393. The fraction of sp³-hybridized carbons (Fsp3) is 0.500. The molecule has 0 N–H and O–H groups in total. The Morgan fingerprint density at radius 3 is 1.88 bits per heavy atom. The number of aliphatic carboxylic acids is 1. The Morgan fingerprint density at radius 1 is 1.50 bits per heavy atom. The van der Waals surface area contributed by atoms with Gasteiger partial charge < -0.3 is 9.90 Å². The third-order valence-electron chi connectivity index (χ3n) is 0.393. The van der Waals surface area contributed by atoms with E-state index in [2.05, 4.69) is 0 Å². The Morgan fingerprint density at radius 2 is 1.88 bits per heavy atom. The monoisotopic (exact) mass is 159 g/mol. The molecule has 0 fully saturated rings. The van der Waals surface area contributed by atoms with Gasteiger partial charge in [-0.25, -0.2) is 0 Å². The molecule has 0 aromatic heterocycles. The number of carboxylic acid groups (broad SMARTS) is 1. The molecule has 0 aliphatic rings. The summed E-state index contributed by atoms with van der Waals surface area (Å²) in [5, 5.41) is 9.48. The van der Waals surface area contributed by atoms with Gasteiger partial charge in [0, 0.05) is 12.4 Å². The van der Waals surface area contributed by atoms with Crippen molar-refractivity contribution < 1.29 is 31.2 Å². The van der Waals surface area contributed by atoms with Crippen LogP contribution >= 0.6 is 0 Å². The van der Waals surface area contributed by atoms with Crippen molar-refractivity contribution >= 4 is 11.8 Å². The Bertz CT molecular complexity index is 87.5. The molecule has 0 amide bonds. The first-order valence-electron chi connectivity index (χ1n) is 1.82. The molecule has 0 atom stereocenters. The molecule has 0 rings (SSSR count). The first-order chi connectivity index (χ1) is 3.13. The molecule has 0 radical (unpaired) electrons. The fourth-order valence-corrected chi connectivity index (χ4v) is 0.203. The molecule has 0 saturated heterocycles. The van der Waals surface area contributed by atoms with Crippen LogP contribution in [0.3, 0.4) is 0 Å². The van der Waals surface area contributed by atoms with Gasteiger partial charge in [0.25, 0.3) is 0 Å². The van der Waals surface area contributed by atoms with Crippen LogP contribution in [0, 0.1) is 0 Å². The summed E-state index contributed by atoms with van der Waals surface area (Å²) in [6.45, 7) is 1.20. The number of hydrogen-bond acceptors (Lipinski definition) is 3. The van der Waals surface area contributed by atoms with Crippen molar-refractivity contribution in [3.63, 3.8) is 0 Å².